The summed E-state index contributed by atoms with van der Waals surface area (Å²) >= 11 is 0. The van der Waals surface area contributed by atoms with Crippen LogP contribution in [0.5, 0.6) is 0 Å². The third kappa shape index (κ3) is 5.12. The van der Waals surface area contributed by atoms with Crippen molar-refractivity contribution in [1.82, 2.24) is 15.1 Å². The van der Waals surface area contributed by atoms with E-state index in [1.807, 2.05) is 0 Å². The van der Waals surface area contributed by atoms with E-state index >= 15 is 0 Å². The third-order valence-corrected chi connectivity index (χ3v) is 6.23. The van der Waals surface area contributed by atoms with Gasteiger partial charge in [-0.25, -0.2) is 0 Å². The zero-order valence-electron chi connectivity index (χ0n) is 18.0. The molecule has 0 aliphatic carbocycles. The van der Waals surface area contributed by atoms with E-state index in [1.54, 1.807) is 0 Å². The van der Waals surface area contributed by atoms with Gasteiger partial charge in [0, 0.05) is 65.3 Å². The number of rotatable bonds is 5. The molecule has 4 rings (SSSR count). The van der Waals surface area contributed by atoms with E-state index in [-0.39, 0.29) is 0 Å². The Morgan fingerprint density at radius 3 is 2.57 bits per heavy atom. The maximum Gasteiger partial charge on any atom is 0.194 e. The molecule has 2 saturated heterocycles. The standard InChI is InChI=1S/C24H34N4O2/c1-2-25-23(26-19-24(29)10-16-30-17-11-24)28-14-12-27(13-15-28)18-21-8-5-7-20-6-3-4-9-22(20)21/h3-9,29H,2,10-19H2,1H3,(H,25,26). The van der Waals surface area contributed by atoms with Gasteiger partial charge in [-0.2, -0.15) is 0 Å². The van der Waals surface area contributed by atoms with Crippen molar-refractivity contribution in [2.24, 2.45) is 4.99 Å². The lowest BCUT2D eigenvalue weighted by Gasteiger charge is -2.37. The molecule has 2 heterocycles. The molecule has 2 fully saturated rings. The SMILES string of the molecule is CCNC(=NCC1(O)CCOCC1)N1CCN(Cc2cccc3ccccc23)CC1. The molecule has 0 amide bonds. The van der Waals surface area contributed by atoms with Crippen LogP contribution in [-0.4, -0.2) is 78.9 Å². The van der Waals surface area contributed by atoms with Crippen LogP contribution >= 0.6 is 0 Å². The Labute approximate surface area is 179 Å². The molecule has 0 spiro atoms. The first kappa shape index (κ1) is 21.1. The summed E-state index contributed by atoms with van der Waals surface area (Å²) < 4.78 is 5.38. The second-order valence-electron chi connectivity index (χ2n) is 8.41. The molecule has 2 aliphatic heterocycles. The Morgan fingerprint density at radius 2 is 1.80 bits per heavy atom. The van der Waals surface area contributed by atoms with Crippen LogP contribution in [0.4, 0.5) is 0 Å². The van der Waals surface area contributed by atoms with E-state index in [0.717, 1.165) is 45.2 Å². The third-order valence-electron chi connectivity index (χ3n) is 6.23. The quantitative estimate of drug-likeness (QED) is 0.586. The fraction of sp³-hybridized carbons (Fsp3) is 0.542. The molecule has 30 heavy (non-hydrogen) atoms. The largest absolute Gasteiger partial charge is 0.388 e. The molecule has 2 N–H and O–H groups in total. The number of aliphatic hydroxyl groups is 1. The van der Waals surface area contributed by atoms with Crippen LogP contribution in [0.3, 0.4) is 0 Å². The Kier molecular flexibility index (Phi) is 6.87. The molecule has 2 aromatic rings. The fourth-order valence-electron chi connectivity index (χ4n) is 4.35. The van der Waals surface area contributed by atoms with Gasteiger partial charge in [0.1, 0.15) is 0 Å². The van der Waals surface area contributed by atoms with E-state index in [9.17, 15) is 5.11 Å². The highest BCUT2D eigenvalue weighted by molar-refractivity contribution is 5.85. The highest BCUT2D eigenvalue weighted by Gasteiger charge is 2.30. The Bertz CT molecular complexity index is 850. The zero-order valence-corrected chi connectivity index (χ0v) is 18.0. The number of benzene rings is 2. The van der Waals surface area contributed by atoms with Crippen molar-refractivity contribution >= 4 is 16.7 Å². The molecule has 6 nitrogen and oxygen atoms in total. The molecule has 162 valence electrons. The van der Waals surface area contributed by atoms with Crippen molar-refractivity contribution in [3.63, 3.8) is 0 Å². The number of aliphatic imine (C=N–C) groups is 1. The summed E-state index contributed by atoms with van der Waals surface area (Å²) in [5, 5.41) is 16.8. The molecule has 2 aromatic carbocycles. The average Bonchev–Trinajstić information content (AvgIpc) is 2.78. The normalized spacial score (nSPS) is 20.5. The van der Waals surface area contributed by atoms with E-state index in [4.69, 9.17) is 9.73 Å². The van der Waals surface area contributed by atoms with Crippen LogP contribution in [0.1, 0.15) is 25.3 Å². The summed E-state index contributed by atoms with van der Waals surface area (Å²) in [6.07, 6.45) is 1.32. The van der Waals surface area contributed by atoms with Gasteiger partial charge in [-0.15, -0.1) is 0 Å². The van der Waals surface area contributed by atoms with E-state index in [2.05, 4.69) is 64.5 Å². The molecule has 0 radical (unpaired) electrons. The van der Waals surface area contributed by atoms with Crippen LogP contribution in [0, 0.1) is 0 Å². The van der Waals surface area contributed by atoms with Gasteiger partial charge in [0.25, 0.3) is 0 Å². The number of fused-ring (bicyclic) bond motifs is 1. The number of nitrogens with zero attached hydrogens (tertiary/aromatic N) is 3. The second-order valence-corrected chi connectivity index (χ2v) is 8.41. The first-order valence-electron chi connectivity index (χ1n) is 11.2. The fourth-order valence-corrected chi connectivity index (χ4v) is 4.35. The molecule has 0 saturated carbocycles. The molecular weight excluding hydrogens is 376 g/mol. The summed E-state index contributed by atoms with van der Waals surface area (Å²) in [5.74, 6) is 0.919. The predicted octanol–water partition coefficient (Wildman–Crippen LogP) is 2.46. The van der Waals surface area contributed by atoms with Crippen LogP contribution in [-0.2, 0) is 11.3 Å². The molecule has 0 bridgehead atoms. The van der Waals surface area contributed by atoms with Gasteiger partial charge in [-0.3, -0.25) is 9.89 Å². The van der Waals surface area contributed by atoms with Crippen LogP contribution in [0.25, 0.3) is 10.8 Å². The smallest absolute Gasteiger partial charge is 0.194 e. The topological polar surface area (TPSA) is 60.3 Å². The Balaban J connectivity index is 1.36. The average molecular weight is 411 g/mol. The molecule has 6 heteroatoms. The Morgan fingerprint density at radius 1 is 1.07 bits per heavy atom. The van der Waals surface area contributed by atoms with Gasteiger partial charge in [-0.1, -0.05) is 42.5 Å². The minimum atomic E-state index is -0.727. The molecule has 2 aliphatic rings. The van der Waals surface area contributed by atoms with Crippen molar-refractivity contribution in [3.05, 3.63) is 48.0 Å². The summed E-state index contributed by atoms with van der Waals surface area (Å²) in [6.45, 7) is 9.47. The highest BCUT2D eigenvalue weighted by atomic mass is 16.5. The summed E-state index contributed by atoms with van der Waals surface area (Å²) in [6, 6.07) is 15.2. The summed E-state index contributed by atoms with van der Waals surface area (Å²) in [7, 11) is 0. The minimum absolute atomic E-state index is 0.439. The van der Waals surface area contributed by atoms with Gasteiger partial charge in [0.05, 0.1) is 12.1 Å². The van der Waals surface area contributed by atoms with E-state index in [1.165, 1.54) is 16.3 Å². The first-order chi connectivity index (χ1) is 14.7. The monoisotopic (exact) mass is 410 g/mol. The van der Waals surface area contributed by atoms with Gasteiger partial charge >= 0.3 is 0 Å². The van der Waals surface area contributed by atoms with Gasteiger partial charge in [0.2, 0.25) is 0 Å². The van der Waals surface area contributed by atoms with Gasteiger partial charge in [-0.05, 0) is 23.3 Å². The number of hydrogen-bond donors (Lipinski definition) is 2. The van der Waals surface area contributed by atoms with Crippen molar-refractivity contribution in [2.45, 2.75) is 31.9 Å². The number of nitrogens with one attached hydrogen (secondary N) is 1. The van der Waals surface area contributed by atoms with Crippen molar-refractivity contribution in [2.75, 3.05) is 52.5 Å². The minimum Gasteiger partial charge on any atom is -0.388 e. The van der Waals surface area contributed by atoms with Crippen molar-refractivity contribution in [1.29, 1.82) is 0 Å². The number of guanidine groups is 1. The number of piperazine rings is 1. The summed E-state index contributed by atoms with van der Waals surface area (Å²) in [5.41, 5.74) is 0.665. The lowest BCUT2D eigenvalue weighted by molar-refractivity contribution is -0.0567. The second kappa shape index (κ2) is 9.77. The van der Waals surface area contributed by atoms with Crippen molar-refractivity contribution < 1.29 is 9.84 Å². The summed E-state index contributed by atoms with van der Waals surface area (Å²) in [4.78, 5) is 9.64. The van der Waals surface area contributed by atoms with Gasteiger partial charge < -0.3 is 20.1 Å². The van der Waals surface area contributed by atoms with E-state index in [0.29, 0.717) is 32.6 Å². The molecular formula is C24H34N4O2. The van der Waals surface area contributed by atoms with E-state index < -0.39 is 5.60 Å². The van der Waals surface area contributed by atoms with Crippen molar-refractivity contribution in [3.8, 4) is 0 Å². The van der Waals surface area contributed by atoms with Crippen LogP contribution in [0.15, 0.2) is 47.5 Å². The molecule has 0 unspecified atom stereocenters. The predicted molar refractivity (Wildman–Crippen MR) is 122 cm³/mol. The molecule has 0 aromatic heterocycles. The Hall–Kier alpha value is -2.15. The van der Waals surface area contributed by atoms with Gasteiger partial charge in [0.15, 0.2) is 5.96 Å². The lowest BCUT2D eigenvalue weighted by Crippen LogP contribution is -2.52. The van der Waals surface area contributed by atoms with Crippen LogP contribution in [0.2, 0.25) is 0 Å². The zero-order chi connectivity index (χ0) is 20.8. The highest BCUT2D eigenvalue weighted by Crippen LogP contribution is 2.22. The lowest BCUT2D eigenvalue weighted by atomic mass is 9.95. The van der Waals surface area contributed by atoms with Crippen LogP contribution < -0.4 is 5.32 Å². The molecule has 0 atom stereocenters. The maximum atomic E-state index is 10.7. The number of hydrogen-bond acceptors (Lipinski definition) is 4. The maximum absolute atomic E-state index is 10.7. The first-order valence-corrected chi connectivity index (χ1v) is 11.2. The number of ether oxygens (including phenoxy) is 1.